The minimum Gasteiger partial charge on any atom is -0.465 e. The molecular weight excluding hydrogens is 358 g/mol. The molecule has 1 aromatic rings. The van der Waals surface area contributed by atoms with Crippen LogP contribution in [0, 0.1) is 5.41 Å². The Balaban J connectivity index is 1.40. The standard InChI is InChI=1S/C22H29NO3S/c24-20(23-14-5-13-22(16-23)11-3-1-2-4-12-22)17-6-8-18(9-7-17)27-19-10-15-26-21(19)25/h6-9,19H,1-5,10-16H2. The summed E-state index contributed by atoms with van der Waals surface area (Å²) in [6.07, 6.45) is 11.1. The molecule has 0 radical (unpaired) electrons. The average molecular weight is 388 g/mol. The lowest BCUT2D eigenvalue weighted by Gasteiger charge is -2.42. The van der Waals surface area contributed by atoms with Crippen molar-refractivity contribution in [2.45, 2.75) is 67.9 Å². The van der Waals surface area contributed by atoms with Gasteiger partial charge in [-0.3, -0.25) is 9.59 Å². The minimum atomic E-state index is -0.123. The van der Waals surface area contributed by atoms with Gasteiger partial charge in [0.15, 0.2) is 0 Å². The van der Waals surface area contributed by atoms with Crippen LogP contribution in [-0.4, -0.2) is 41.7 Å². The van der Waals surface area contributed by atoms with Crippen molar-refractivity contribution in [3.63, 3.8) is 0 Å². The molecule has 0 N–H and O–H groups in total. The van der Waals surface area contributed by atoms with Crippen molar-refractivity contribution < 1.29 is 14.3 Å². The Bertz CT molecular complexity index is 679. The highest BCUT2D eigenvalue weighted by atomic mass is 32.2. The molecule has 1 spiro atoms. The van der Waals surface area contributed by atoms with Crippen LogP contribution in [0.15, 0.2) is 29.2 Å². The van der Waals surface area contributed by atoms with Crippen LogP contribution in [0.1, 0.15) is 68.1 Å². The van der Waals surface area contributed by atoms with Gasteiger partial charge in [-0.15, -0.1) is 11.8 Å². The molecule has 4 nitrogen and oxygen atoms in total. The first-order valence-electron chi connectivity index (χ1n) is 10.4. The third-order valence-electron chi connectivity index (χ3n) is 6.38. The molecule has 2 aliphatic heterocycles. The first-order valence-corrected chi connectivity index (χ1v) is 11.3. The van der Waals surface area contributed by atoms with Crippen molar-refractivity contribution in [3.05, 3.63) is 29.8 Å². The zero-order valence-corrected chi connectivity index (χ0v) is 16.8. The first-order chi connectivity index (χ1) is 13.2. The highest BCUT2D eigenvalue weighted by molar-refractivity contribution is 8.00. The van der Waals surface area contributed by atoms with Gasteiger partial charge in [0, 0.05) is 30.0 Å². The first kappa shape index (κ1) is 18.9. The molecule has 5 heteroatoms. The number of carbonyl (C=O) groups excluding carboxylic acids is 2. The van der Waals surface area contributed by atoms with Crippen LogP contribution < -0.4 is 0 Å². The number of esters is 1. The molecule has 1 unspecified atom stereocenters. The molecule has 146 valence electrons. The molecule has 2 saturated heterocycles. The maximum absolute atomic E-state index is 13.1. The summed E-state index contributed by atoms with van der Waals surface area (Å²) in [6.45, 7) is 2.32. The van der Waals surface area contributed by atoms with E-state index in [1.54, 1.807) is 0 Å². The maximum atomic E-state index is 13.1. The zero-order chi connectivity index (χ0) is 18.7. The van der Waals surface area contributed by atoms with E-state index >= 15 is 0 Å². The van der Waals surface area contributed by atoms with Crippen molar-refractivity contribution in [2.24, 2.45) is 5.41 Å². The van der Waals surface area contributed by atoms with Crippen LogP contribution >= 0.6 is 11.8 Å². The topological polar surface area (TPSA) is 46.6 Å². The molecule has 1 aromatic carbocycles. The van der Waals surface area contributed by atoms with Gasteiger partial charge in [0.05, 0.1) is 6.61 Å². The number of hydrogen-bond donors (Lipinski definition) is 0. The molecule has 0 aromatic heterocycles. The SMILES string of the molecule is O=C1OCCC1Sc1ccc(C(=O)N2CCCC3(CCCCCC3)C2)cc1. The summed E-state index contributed by atoms with van der Waals surface area (Å²) < 4.78 is 5.02. The van der Waals surface area contributed by atoms with E-state index < -0.39 is 0 Å². The summed E-state index contributed by atoms with van der Waals surface area (Å²) in [7, 11) is 0. The third kappa shape index (κ3) is 4.34. The Morgan fingerprint density at radius 2 is 1.74 bits per heavy atom. The van der Waals surface area contributed by atoms with Gasteiger partial charge in [-0.05, 0) is 55.4 Å². The van der Waals surface area contributed by atoms with Crippen LogP contribution in [0.25, 0.3) is 0 Å². The fourth-order valence-corrected chi connectivity index (χ4v) is 5.88. The summed E-state index contributed by atoms with van der Waals surface area (Å²) in [6, 6.07) is 7.77. The monoisotopic (exact) mass is 387 g/mol. The fourth-order valence-electron chi connectivity index (χ4n) is 4.88. The van der Waals surface area contributed by atoms with Gasteiger partial charge in [-0.25, -0.2) is 0 Å². The molecule has 1 atom stereocenters. The second-order valence-corrected chi connectivity index (χ2v) is 9.61. The predicted octanol–water partition coefficient (Wildman–Crippen LogP) is 4.67. The largest absolute Gasteiger partial charge is 0.465 e. The highest BCUT2D eigenvalue weighted by Crippen LogP contribution is 2.42. The van der Waals surface area contributed by atoms with Crippen LogP contribution in [0.2, 0.25) is 0 Å². The van der Waals surface area contributed by atoms with Gasteiger partial charge >= 0.3 is 5.97 Å². The summed E-state index contributed by atoms with van der Waals surface area (Å²) in [5, 5.41) is -0.108. The van der Waals surface area contributed by atoms with Gasteiger partial charge in [0.1, 0.15) is 5.25 Å². The lowest BCUT2D eigenvalue weighted by atomic mass is 9.74. The van der Waals surface area contributed by atoms with Crippen molar-refractivity contribution in [2.75, 3.05) is 19.7 Å². The molecule has 27 heavy (non-hydrogen) atoms. The second-order valence-electron chi connectivity index (χ2n) is 8.33. The van der Waals surface area contributed by atoms with E-state index in [9.17, 15) is 9.59 Å². The van der Waals surface area contributed by atoms with Crippen molar-refractivity contribution in [1.82, 2.24) is 4.90 Å². The number of piperidine rings is 1. The molecule has 2 heterocycles. The van der Waals surface area contributed by atoms with Gasteiger partial charge in [0.25, 0.3) is 5.91 Å². The number of carbonyl (C=O) groups is 2. The van der Waals surface area contributed by atoms with E-state index in [2.05, 4.69) is 4.90 Å². The maximum Gasteiger partial charge on any atom is 0.319 e. The summed E-state index contributed by atoms with van der Waals surface area (Å²) in [5.74, 6) is 0.0392. The minimum absolute atomic E-state index is 0.108. The number of cyclic esters (lactones) is 1. The van der Waals surface area contributed by atoms with Crippen LogP contribution in [0.4, 0.5) is 0 Å². The average Bonchev–Trinajstić information content (AvgIpc) is 2.96. The Morgan fingerprint density at radius 1 is 1.04 bits per heavy atom. The van der Waals surface area contributed by atoms with E-state index in [0.29, 0.717) is 12.0 Å². The molecule has 0 bridgehead atoms. The zero-order valence-electron chi connectivity index (χ0n) is 16.0. The number of hydrogen-bond acceptors (Lipinski definition) is 4. The van der Waals surface area contributed by atoms with E-state index in [1.807, 2.05) is 24.3 Å². The van der Waals surface area contributed by atoms with Gasteiger partial charge in [-0.1, -0.05) is 25.7 Å². The van der Waals surface area contributed by atoms with Crippen LogP contribution in [0.5, 0.6) is 0 Å². The molecule has 1 aliphatic carbocycles. The number of benzene rings is 1. The van der Waals surface area contributed by atoms with Gasteiger partial charge in [-0.2, -0.15) is 0 Å². The number of ether oxygens (including phenoxy) is 1. The highest BCUT2D eigenvalue weighted by Gasteiger charge is 2.37. The smallest absolute Gasteiger partial charge is 0.319 e. The summed E-state index contributed by atoms with van der Waals surface area (Å²) in [5.41, 5.74) is 1.13. The van der Waals surface area contributed by atoms with Gasteiger partial charge < -0.3 is 9.64 Å². The summed E-state index contributed by atoms with van der Waals surface area (Å²) >= 11 is 1.54. The number of thioether (sulfide) groups is 1. The molecule has 1 saturated carbocycles. The predicted molar refractivity (Wildman–Crippen MR) is 107 cm³/mol. The van der Waals surface area contributed by atoms with E-state index in [1.165, 1.54) is 56.7 Å². The van der Waals surface area contributed by atoms with Crippen molar-refractivity contribution in [3.8, 4) is 0 Å². The quantitative estimate of drug-likeness (QED) is 0.707. The molecular formula is C22H29NO3S. The molecule has 4 rings (SSSR count). The van der Waals surface area contributed by atoms with E-state index in [-0.39, 0.29) is 17.1 Å². The van der Waals surface area contributed by atoms with Crippen LogP contribution in [0.3, 0.4) is 0 Å². The Hall–Kier alpha value is -1.49. The molecule has 3 fully saturated rings. The lowest BCUT2D eigenvalue weighted by molar-refractivity contribution is -0.137. The molecule has 1 amide bonds. The van der Waals surface area contributed by atoms with Crippen LogP contribution in [-0.2, 0) is 9.53 Å². The van der Waals surface area contributed by atoms with Crippen molar-refractivity contribution >= 4 is 23.6 Å². The normalized spacial score (nSPS) is 25.3. The number of likely N-dealkylation sites (tertiary alicyclic amines) is 1. The van der Waals surface area contributed by atoms with E-state index in [0.717, 1.165) is 36.4 Å². The number of amides is 1. The lowest BCUT2D eigenvalue weighted by Crippen LogP contribution is -2.46. The number of nitrogens with zero attached hydrogens (tertiary/aromatic N) is 1. The third-order valence-corrected chi connectivity index (χ3v) is 7.64. The Morgan fingerprint density at radius 3 is 2.41 bits per heavy atom. The van der Waals surface area contributed by atoms with Gasteiger partial charge in [0.2, 0.25) is 0 Å². The second kappa shape index (κ2) is 8.26. The Kier molecular flexibility index (Phi) is 5.76. The Labute approximate surface area is 166 Å². The summed E-state index contributed by atoms with van der Waals surface area (Å²) in [4.78, 5) is 27.8. The molecule has 3 aliphatic rings. The number of rotatable bonds is 3. The fraction of sp³-hybridized carbons (Fsp3) is 0.636. The van der Waals surface area contributed by atoms with Crippen molar-refractivity contribution in [1.29, 1.82) is 0 Å². The van der Waals surface area contributed by atoms with E-state index in [4.69, 9.17) is 4.74 Å².